The number of thiophene rings is 1. The quantitative estimate of drug-likeness (QED) is 0.598. The molecule has 1 aromatic carbocycles. The molecular weight excluding hydrogens is 356 g/mol. The molecular formula is C22H24N2O2S. The first-order valence-corrected chi connectivity index (χ1v) is 10.2. The molecule has 0 radical (unpaired) electrons. The molecule has 0 amide bonds. The van der Waals surface area contributed by atoms with E-state index in [9.17, 15) is 4.79 Å². The Morgan fingerprint density at radius 2 is 1.96 bits per heavy atom. The lowest BCUT2D eigenvalue weighted by atomic mass is 9.89. The predicted octanol–water partition coefficient (Wildman–Crippen LogP) is 5.00. The van der Waals surface area contributed by atoms with Crippen molar-refractivity contribution in [3.63, 3.8) is 0 Å². The maximum atomic E-state index is 12.7. The van der Waals surface area contributed by atoms with Crippen LogP contribution in [0, 0.1) is 26.7 Å². The first kappa shape index (κ1) is 18.1. The van der Waals surface area contributed by atoms with Gasteiger partial charge in [-0.25, -0.2) is 9.97 Å². The molecule has 4 rings (SSSR count). The molecule has 1 atom stereocenters. The van der Waals surface area contributed by atoms with Crippen LogP contribution >= 0.6 is 11.3 Å². The molecule has 0 spiro atoms. The molecule has 27 heavy (non-hydrogen) atoms. The topological polar surface area (TPSA) is 52.1 Å². The molecule has 1 aliphatic carbocycles. The number of hydrogen-bond donors (Lipinski definition) is 0. The van der Waals surface area contributed by atoms with Crippen molar-refractivity contribution in [2.75, 3.05) is 6.61 Å². The lowest BCUT2D eigenvalue weighted by Crippen LogP contribution is -2.14. The number of hydrogen-bond acceptors (Lipinski definition) is 5. The molecule has 1 aliphatic rings. The van der Waals surface area contributed by atoms with Gasteiger partial charge in [0, 0.05) is 10.4 Å². The first-order valence-electron chi connectivity index (χ1n) is 9.43. The second-order valence-electron chi connectivity index (χ2n) is 7.67. The number of carbonyl (C=O) groups is 1. The lowest BCUT2D eigenvalue weighted by molar-refractivity contribution is 0.0918. The fourth-order valence-electron chi connectivity index (χ4n) is 3.83. The van der Waals surface area contributed by atoms with Crippen molar-refractivity contribution in [1.29, 1.82) is 0 Å². The number of nitrogens with zero attached hydrogens (tertiary/aromatic N) is 2. The fourth-order valence-corrected chi connectivity index (χ4v) is 5.17. The number of rotatable bonds is 4. The molecule has 0 saturated carbocycles. The average Bonchev–Trinajstić information content (AvgIpc) is 3.00. The van der Waals surface area contributed by atoms with Gasteiger partial charge in [-0.1, -0.05) is 13.0 Å². The smallest absolute Gasteiger partial charge is 0.226 e. The summed E-state index contributed by atoms with van der Waals surface area (Å²) in [6.45, 7) is 8.35. The van der Waals surface area contributed by atoms with Gasteiger partial charge in [0.05, 0.1) is 5.39 Å². The third kappa shape index (κ3) is 3.36. The maximum absolute atomic E-state index is 12.7. The van der Waals surface area contributed by atoms with Crippen molar-refractivity contribution >= 4 is 27.3 Å². The summed E-state index contributed by atoms with van der Waals surface area (Å²) in [5, 5.41) is 1.01. The molecule has 0 bridgehead atoms. The van der Waals surface area contributed by atoms with Gasteiger partial charge in [0.25, 0.3) is 0 Å². The van der Waals surface area contributed by atoms with E-state index in [0.717, 1.165) is 39.7 Å². The first-order chi connectivity index (χ1) is 12.9. The van der Waals surface area contributed by atoms with Crippen molar-refractivity contribution in [2.45, 2.75) is 47.0 Å². The van der Waals surface area contributed by atoms with Crippen LogP contribution in [0.5, 0.6) is 5.88 Å². The second kappa shape index (κ2) is 7.04. The SMILES string of the molecule is Cc1cc(C)c(C(=O)COc2ncnc3sc4c(c23)CCC(C)C4)cc1C. The standard InChI is InChI=1S/C22H24N2O2S/c1-12-5-6-16-19(7-12)27-22-20(16)21(23-11-24-22)26-10-18(25)17-9-14(3)13(2)8-15(17)4/h8-9,11-12H,5-7,10H2,1-4H3. The number of benzene rings is 1. The van der Waals surface area contributed by atoms with Crippen LogP contribution in [0.1, 0.15) is 50.8 Å². The summed E-state index contributed by atoms with van der Waals surface area (Å²) >= 11 is 1.74. The third-order valence-electron chi connectivity index (χ3n) is 5.54. The largest absolute Gasteiger partial charge is 0.469 e. The Kier molecular flexibility index (Phi) is 4.72. The van der Waals surface area contributed by atoms with Crippen LogP contribution in [0.25, 0.3) is 10.2 Å². The number of ketones is 1. The van der Waals surface area contributed by atoms with E-state index in [2.05, 4.69) is 29.9 Å². The van der Waals surface area contributed by atoms with Gasteiger partial charge in [0.1, 0.15) is 11.2 Å². The van der Waals surface area contributed by atoms with E-state index >= 15 is 0 Å². The van der Waals surface area contributed by atoms with Crippen LogP contribution in [0.3, 0.4) is 0 Å². The molecule has 4 nitrogen and oxygen atoms in total. The van der Waals surface area contributed by atoms with Crippen LogP contribution in [-0.4, -0.2) is 22.4 Å². The van der Waals surface area contributed by atoms with E-state index in [4.69, 9.17) is 4.74 Å². The predicted molar refractivity (Wildman–Crippen MR) is 109 cm³/mol. The summed E-state index contributed by atoms with van der Waals surface area (Å²) in [6, 6.07) is 4.02. The van der Waals surface area contributed by atoms with E-state index in [0.29, 0.717) is 11.8 Å². The zero-order valence-corrected chi connectivity index (χ0v) is 17.1. The van der Waals surface area contributed by atoms with Gasteiger partial charge in [-0.05, 0) is 74.3 Å². The molecule has 0 fully saturated rings. The Bertz CT molecular complexity index is 1040. The third-order valence-corrected chi connectivity index (χ3v) is 6.70. The van der Waals surface area contributed by atoms with Gasteiger partial charge in [0.2, 0.25) is 11.7 Å². The lowest BCUT2D eigenvalue weighted by Gasteiger charge is -2.18. The van der Waals surface area contributed by atoms with Crippen molar-refractivity contribution < 1.29 is 9.53 Å². The molecule has 0 N–H and O–H groups in total. The molecule has 140 valence electrons. The minimum atomic E-state index is -0.0138. The summed E-state index contributed by atoms with van der Waals surface area (Å²) in [5.74, 6) is 1.24. The fraction of sp³-hybridized carbons (Fsp3) is 0.409. The zero-order valence-electron chi connectivity index (χ0n) is 16.3. The van der Waals surface area contributed by atoms with Crippen LogP contribution in [0.4, 0.5) is 0 Å². The van der Waals surface area contributed by atoms with Crippen LogP contribution in [0.2, 0.25) is 0 Å². The van der Waals surface area contributed by atoms with Gasteiger partial charge < -0.3 is 4.74 Å². The summed E-state index contributed by atoms with van der Waals surface area (Å²) in [7, 11) is 0. The second-order valence-corrected chi connectivity index (χ2v) is 8.76. The van der Waals surface area contributed by atoms with Crippen molar-refractivity contribution in [3.05, 3.63) is 51.2 Å². The highest BCUT2D eigenvalue weighted by molar-refractivity contribution is 7.18. The summed E-state index contributed by atoms with van der Waals surface area (Å²) in [6.07, 6.45) is 4.84. The number of Topliss-reactive ketones (excluding diaryl/α,β-unsaturated/α-hetero) is 1. The minimum Gasteiger partial charge on any atom is -0.469 e. The average molecular weight is 381 g/mol. The van der Waals surface area contributed by atoms with Crippen molar-refractivity contribution in [3.8, 4) is 5.88 Å². The van der Waals surface area contributed by atoms with E-state index in [1.807, 2.05) is 19.9 Å². The maximum Gasteiger partial charge on any atom is 0.226 e. The van der Waals surface area contributed by atoms with Crippen molar-refractivity contribution in [1.82, 2.24) is 9.97 Å². The number of aryl methyl sites for hydroxylation is 4. The zero-order chi connectivity index (χ0) is 19.1. The molecule has 3 aromatic rings. The Hall–Kier alpha value is -2.27. The highest BCUT2D eigenvalue weighted by atomic mass is 32.1. The van der Waals surface area contributed by atoms with Crippen LogP contribution in [0.15, 0.2) is 18.5 Å². The normalized spacial score (nSPS) is 16.4. The summed E-state index contributed by atoms with van der Waals surface area (Å²) in [4.78, 5) is 23.9. The molecule has 2 aromatic heterocycles. The van der Waals surface area contributed by atoms with Gasteiger partial charge in [-0.3, -0.25) is 4.79 Å². The van der Waals surface area contributed by atoms with Crippen LogP contribution < -0.4 is 4.74 Å². The Morgan fingerprint density at radius 3 is 2.78 bits per heavy atom. The van der Waals surface area contributed by atoms with E-state index in [1.54, 1.807) is 11.3 Å². The minimum absolute atomic E-state index is 0.00349. The van der Waals surface area contributed by atoms with E-state index in [-0.39, 0.29) is 12.4 Å². The number of ether oxygens (including phenoxy) is 1. The number of carbonyl (C=O) groups excluding carboxylic acids is 1. The number of aromatic nitrogens is 2. The van der Waals surface area contributed by atoms with E-state index < -0.39 is 0 Å². The van der Waals surface area contributed by atoms with Crippen LogP contribution in [-0.2, 0) is 12.8 Å². The molecule has 2 heterocycles. The summed E-state index contributed by atoms with van der Waals surface area (Å²) < 4.78 is 5.92. The monoisotopic (exact) mass is 380 g/mol. The van der Waals surface area contributed by atoms with Gasteiger partial charge in [-0.2, -0.15) is 0 Å². The van der Waals surface area contributed by atoms with Gasteiger partial charge >= 0.3 is 0 Å². The Balaban J connectivity index is 1.61. The highest BCUT2D eigenvalue weighted by Gasteiger charge is 2.24. The Labute approximate surface area is 163 Å². The molecule has 1 unspecified atom stereocenters. The van der Waals surface area contributed by atoms with Gasteiger partial charge in [-0.15, -0.1) is 11.3 Å². The van der Waals surface area contributed by atoms with Gasteiger partial charge in [0.15, 0.2) is 6.61 Å². The molecule has 0 saturated heterocycles. The Morgan fingerprint density at radius 1 is 1.19 bits per heavy atom. The molecule has 0 aliphatic heterocycles. The summed E-state index contributed by atoms with van der Waals surface area (Å²) in [5.41, 5.74) is 5.35. The highest BCUT2D eigenvalue weighted by Crippen LogP contribution is 2.40. The molecule has 5 heteroatoms. The number of fused-ring (bicyclic) bond motifs is 3. The van der Waals surface area contributed by atoms with Crippen molar-refractivity contribution in [2.24, 2.45) is 5.92 Å². The van der Waals surface area contributed by atoms with E-state index in [1.165, 1.54) is 28.8 Å².